The molecule has 2 saturated heterocycles. The molecule has 124 valence electrons. The average Bonchev–Trinajstić information content (AvgIpc) is 3.18. The molecule has 2 aliphatic rings. The van der Waals surface area contributed by atoms with E-state index in [1.165, 1.54) is 17.2 Å². The molecule has 0 aromatic carbocycles. The second-order valence-electron chi connectivity index (χ2n) is 5.88. The number of rotatable bonds is 4. The number of carboxylic acid groups (broad SMARTS) is 1. The van der Waals surface area contributed by atoms with Crippen molar-refractivity contribution < 1.29 is 28.6 Å². The van der Waals surface area contributed by atoms with Crippen molar-refractivity contribution in [1.82, 2.24) is 10.2 Å². The summed E-state index contributed by atoms with van der Waals surface area (Å²) in [5, 5.41) is 12.1. The maximum atomic E-state index is 12.2. The first kappa shape index (κ1) is 15.3. The van der Waals surface area contributed by atoms with Crippen LogP contribution in [0.3, 0.4) is 0 Å². The summed E-state index contributed by atoms with van der Waals surface area (Å²) in [6.45, 7) is 1.00. The van der Waals surface area contributed by atoms with Gasteiger partial charge in [0.05, 0.1) is 25.3 Å². The molecule has 23 heavy (non-hydrogen) atoms. The van der Waals surface area contributed by atoms with Crippen molar-refractivity contribution in [1.29, 1.82) is 0 Å². The maximum Gasteiger partial charge on any atom is 0.317 e. The van der Waals surface area contributed by atoms with Gasteiger partial charge in [0.15, 0.2) is 0 Å². The number of carbonyl (C=O) groups excluding carboxylic acids is 2. The van der Waals surface area contributed by atoms with E-state index in [1.54, 1.807) is 0 Å². The van der Waals surface area contributed by atoms with E-state index >= 15 is 0 Å². The molecule has 0 spiro atoms. The summed E-state index contributed by atoms with van der Waals surface area (Å²) in [6, 6.07) is 1.07. The van der Waals surface area contributed by atoms with E-state index in [1.807, 2.05) is 0 Å². The fraction of sp³-hybridized carbons (Fsp3) is 0.500. The predicted octanol–water partition coefficient (Wildman–Crippen LogP) is -0.379. The normalized spacial score (nSPS) is 26.1. The zero-order chi connectivity index (χ0) is 16.6. The minimum absolute atomic E-state index is 0.0872. The summed E-state index contributed by atoms with van der Waals surface area (Å²) in [5.41, 5.74) is 4.33. The van der Waals surface area contributed by atoms with Crippen LogP contribution >= 0.6 is 0 Å². The third-order valence-electron chi connectivity index (χ3n) is 4.44. The lowest BCUT2D eigenvalue weighted by atomic mass is 9.81. The Morgan fingerprint density at radius 2 is 2.26 bits per heavy atom. The molecule has 1 aromatic heterocycles. The summed E-state index contributed by atoms with van der Waals surface area (Å²) in [5.74, 6) is -1.35. The third-order valence-corrected chi connectivity index (χ3v) is 4.44. The van der Waals surface area contributed by atoms with Crippen molar-refractivity contribution in [2.24, 2.45) is 17.1 Å². The fourth-order valence-corrected chi connectivity index (χ4v) is 3.07. The number of likely N-dealkylation sites (tertiary alicyclic amines) is 1. The van der Waals surface area contributed by atoms with Crippen LogP contribution in [0.2, 0.25) is 0 Å². The third kappa shape index (κ3) is 2.63. The minimum Gasteiger partial charge on any atom is -0.481 e. The van der Waals surface area contributed by atoms with Gasteiger partial charge in [-0.25, -0.2) is 4.79 Å². The zero-order valence-electron chi connectivity index (χ0n) is 12.3. The summed E-state index contributed by atoms with van der Waals surface area (Å²) in [6.07, 6.45) is 1.22. The van der Waals surface area contributed by atoms with Gasteiger partial charge >= 0.3 is 12.0 Å². The summed E-state index contributed by atoms with van der Waals surface area (Å²) in [4.78, 5) is 36.2. The number of nitrogens with two attached hydrogens (primary N) is 1. The Bertz CT molecular complexity index is 657. The van der Waals surface area contributed by atoms with E-state index in [0.717, 1.165) is 0 Å². The first-order chi connectivity index (χ1) is 10.9. The van der Waals surface area contributed by atoms with Crippen molar-refractivity contribution in [3.8, 4) is 0 Å². The van der Waals surface area contributed by atoms with Gasteiger partial charge in [-0.3, -0.25) is 9.59 Å². The van der Waals surface area contributed by atoms with Crippen LogP contribution in [-0.4, -0.2) is 54.2 Å². The van der Waals surface area contributed by atoms with Crippen LogP contribution in [-0.2, 0) is 16.1 Å². The average molecular weight is 323 g/mol. The lowest BCUT2D eigenvalue weighted by molar-refractivity contribution is -0.149. The summed E-state index contributed by atoms with van der Waals surface area (Å²) < 4.78 is 10.4. The number of aliphatic carboxylic acids is 1. The topological polar surface area (TPSA) is 135 Å². The number of nitrogens with zero attached hydrogens (tertiary/aromatic N) is 1. The number of nitrogens with one attached hydrogen (secondary N) is 1. The molecule has 0 aliphatic carbocycles. The molecule has 9 heteroatoms. The van der Waals surface area contributed by atoms with Crippen LogP contribution in [0.4, 0.5) is 4.79 Å². The second-order valence-corrected chi connectivity index (χ2v) is 5.88. The van der Waals surface area contributed by atoms with Gasteiger partial charge in [-0.05, 0) is 6.07 Å². The zero-order valence-corrected chi connectivity index (χ0v) is 12.3. The van der Waals surface area contributed by atoms with Crippen molar-refractivity contribution in [3.63, 3.8) is 0 Å². The number of ether oxygens (including phenoxy) is 1. The molecule has 4 N–H and O–H groups in total. The highest BCUT2D eigenvalue weighted by atomic mass is 16.5. The van der Waals surface area contributed by atoms with E-state index in [-0.39, 0.29) is 37.2 Å². The van der Waals surface area contributed by atoms with Gasteiger partial charge in [-0.2, -0.15) is 0 Å². The highest BCUT2D eigenvalue weighted by Crippen LogP contribution is 2.41. The van der Waals surface area contributed by atoms with Gasteiger partial charge in [0, 0.05) is 19.0 Å². The Morgan fingerprint density at radius 3 is 2.87 bits per heavy atom. The van der Waals surface area contributed by atoms with E-state index in [9.17, 15) is 19.5 Å². The van der Waals surface area contributed by atoms with Crippen LogP contribution in [0.15, 0.2) is 16.7 Å². The lowest BCUT2D eigenvalue weighted by Gasteiger charge is -2.22. The van der Waals surface area contributed by atoms with Crippen LogP contribution in [0.5, 0.6) is 0 Å². The number of fused-ring (bicyclic) bond motifs is 1. The van der Waals surface area contributed by atoms with Crippen LogP contribution in [0, 0.1) is 11.3 Å². The number of primary amides is 1. The molecule has 0 bridgehead atoms. The maximum absolute atomic E-state index is 12.2. The molecule has 2 atom stereocenters. The molecule has 3 rings (SSSR count). The van der Waals surface area contributed by atoms with Gasteiger partial charge in [0.2, 0.25) is 0 Å². The number of amides is 3. The van der Waals surface area contributed by atoms with Crippen molar-refractivity contribution in [2.45, 2.75) is 6.54 Å². The van der Waals surface area contributed by atoms with Gasteiger partial charge in [-0.15, -0.1) is 0 Å². The molecular weight excluding hydrogens is 306 g/mol. The largest absolute Gasteiger partial charge is 0.481 e. The number of hydrogen-bond acceptors (Lipinski definition) is 5. The van der Waals surface area contributed by atoms with Gasteiger partial charge in [0.1, 0.15) is 17.4 Å². The molecule has 2 aliphatic heterocycles. The number of carboxylic acids is 1. The molecule has 0 saturated carbocycles. The number of furan rings is 1. The summed E-state index contributed by atoms with van der Waals surface area (Å²) >= 11 is 0. The second kappa shape index (κ2) is 5.58. The molecule has 3 amide bonds. The molecule has 2 fully saturated rings. The standard InChI is InChI=1S/C14H17N3O6/c15-11(18)8-1-10(23-4-8)2-16-13(21)17-3-9-5-22-7-14(9,6-17)12(19)20/h1,4,9H,2-3,5-7H2,(H2,15,18)(H,16,21)(H,19,20)/t9-,14-/m1/s1. The smallest absolute Gasteiger partial charge is 0.317 e. The Hall–Kier alpha value is -2.55. The first-order valence-electron chi connectivity index (χ1n) is 7.13. The lowest BCUT2D eigenvalue weighted by Crippen LogP contribution is -2.42. The highest BCUT2D eigenvalue weighted by Gasteiger charge is 2.57. The number of urea groups is 1. The van der Waals surface area contributed by atoms with E-state index in [0.29, 0.717) is 18.9 Å². The van der Waals surface area contributed by atoms with Crippen molar-refractivity contribution in [2.75, 3.05) is 26.3 Å². The van der Waals surface area contributed by atoms with Crippen molar-refractivity contribution in [3.05, 3.63) is 23.7 Å². The van der Waals surface area contributed by atoms with E-state index < -0.39 is 17.3 Å². The van der Waals surface area contributed by atoms with Crippen LogP contribution in [0.1, 0.15) is 16.1 Å². The Morgan fingerprint density at radius 1 is 1.48 bits per heavy atom. The quantitative estimate of drug-likeness (QED) is 0.691. The Kier molecular flexibility index (Phi) is 3.72. The summed E-state index contributed by atoms with van der Waals surface area (Å²) in [7, 11) is 0. The molecule has 9 nitrogen and oxygen atoms in total. The number of carbonyl (C=O) groups is 3. The predicted molar refractivity (Wildman–Crippen MR) is 75.4 cm³/mol. The molecule has 3 heterocycles. The highest BCUT2D eigenvalue weighted by molar-refractivity contribution is 5.92. The van der Waals surface area contributed by atoms with E-state index in [4.69, 9.17) is 14.9 Å². The molecule has 1 aromatic rings. The number of hydrogen-bond donors (Lipinski definition) is 3. The fourth-order valence-electron chi connectivity index (χ4n) is 3.07. The molecular formula is C14H17N3O6. The van der Waals surface area contributed by atoms with E-state index in [2.05, 4.69) is 5.32 Å². The van der Waals surface area contributed by atoms with Crippen LogP contribution in [0.25, 0.3) is 0 Å². The van der Waals surface area contributed by atoms with Gasteiger partial charge in [0.25, 0.3) is 5.91 Å². The Balaban J connectivity index is 1.59. The minimum atomic E-state index is -1.01. The SMILES string of the molecule is NC(=O)c1coc(CNC(=O)N2C[C@@H]3COC[C@]3(C(=O)O)C2)c1. The van der Waals surface area contributed by atoms with Gasteiger partial charge < -0.3 is 30.2 Å². The molecule has 0 unspecified atom stereocenters. The van der Waals surface area contributed by atoms with Gasteiger partial charge in [-0.1, -0.05) is 0 Å². The van der Waals surface area contributed by atoms with Crippen LogP contribution < -0.4 is 11.1 Å². The molecule has 0 radical (unpaired) electrons. The monoisotopic (exact) mass is 323 g/mol. The van der Waals surface area contributed by atoms with Crippen molar-refractivity contribution >= 4 is 17.9 Å². The first-order valence-corrected chi connectivity index (χ1v) is 7.13. The Labute approximate surface area is 131 Å².